The van der Waals surface area contributed by atoms with Crippen LogP contribution >= 0.6 is 0 Å². The highest BCUT2D eigenvalue weighted by atomic mass is 32.2. The number of hydrogen-bond donors (Lipinski definition) is 1. The molecule has 0 aliphatic rings. The molecule has 2 amide bonds. The molecule has 0 radical (unpaired) electrons. The largest absolute Gasteiger partial charge is 0.354 e. The first-order valence-electron chi connectivity index (χ1n) is 11.2. The lowest BCUT2D eigenvalue weighted by atomic mass is 10.1. The minimum Gasteiger partial charge on any atom is -0.354 e. The Kier molecular flexibility index (Phi) is 9.46. The van der Waals surface area contributed by atoms with E-state index in [9.17, 15) is 18.0 Å². The average Bonchev–Trinajstić information content (AvgIpc) is 2.76. The van der Waals surface area contributed by atoms with Crippen molar-refractivity contribution in [3.05, 3.63) is 65.2 Å². The van der Waals surface area contributed by atoms with Gasteiger partial charge in [-0.1, -0.05) is 55.0 Å². The van der Waals surface area contributed by atoms with Gasteiger partial charge in [-0.2, -0.15) is 0 Å². The highest BCUT2D eigenvalue weighted by Crippen LogP contribution is 2.24. The zero-order chi connectivity index (χ0) is 24.6. The number of sulfonamides is 1. The summed E-state index contributed by atoms with van der Waals surface area (Å²) in [6.07, 6.45) is 2.43. The van der Waals surface area contributed by atoms with Crippen LogP contribution in [0, 0.1) is 13.8 Å². The molecule has 7 nitrogen and oxygen atoms in total. The molecule has 0 spiro atoms. The summed E-state index contributed by atoms with van der Waals surface area (Å²) in [6, 6.07) is 14.4. The van der Waals surface area contributed by atoms with Gasteiger partial charge < -0.3 is 10.2 Å². The predicted molar refractivity (Wildman–Crippen MR) is 133 cm³/mol. The molecule has 8 heteroatoms. The molecule has 0 heterocycles. The minimum absolute atomic E-state index is 0.254. The Morgan fingerprint density at radius 3 is 2.30 bits per heavy atom. The van der Waals surface area contributed by atoms with Gasteiger partial charge in [0.2, 0.25) is 21.8 Å². The zero-order valence-electron chi connectivity index (χ0n) is 20.2. The smallest absolute Gasteiger partial charge is 0.244 e. The molecular formula is C25H35N3O4S. The Bertz CT molecular complexity index is 1050. The van der Waals surface area contributed by atoms with E-state index in [-0.39, 0.29) is 12.5 Å². The molecule has 33 heavy (non-hydrogen) atoms. The maximum Gasteiger partial charge on any atom is 0.244 e. The molecule has 0 aliphatic carbocycles. The van der Waals surface area contributed by atoms with Crippen molar-refractivity contribution in [3.8, 4) is 0 Å². The number of aryl methyl sites for hydroxylation is 2. The Morgan fingerprint density at radius 2 is 1.73 bits per heavy atom. The number of nitrogens with one attached hydrogen (secondary N) is 1. The van der Waals surface area contributed by atoms with Gasteiger partial charge >= 0.3 is 0 Å². The second-order valence-electron chi connectivity index (χ2n) is 8.35. The van der Waals surface area contributed by atoms with Gasteiger partial charge in [-0.15, -0.1) is 0 Å². The second-order valence-corrected chi connectivity index (χ2v) is 10.3. The quantitative estimate of drug-likeness (QED) is 0.543. The molecular weight excluding hydrogens is 438 g/mol. The van der Waals surface area contributed by atoms with Gasteiger partial charge in [-0.25, -0.2) is 8.42 Å². The summed E-state index contributed by atoms with van der Waals surface area (Å²) >= 11 is 0. The first-order chi connectivity index (χ1) is 15.5. The van der Waals surface area contributed by atoms with E-state index in [2.05, 4.69) is 5.32 Å². The highest BCUT2D eigenvalue weighted by Gasteiger charge is 2.30. The summed E-state index contributed by atoms with van der Waals surface area (Å²) in [5.41, 5.74) is 3.26. The molecule has 0 unspecified atom stereocenters. The van der Waals surface area contributed by atoms with Crippen LogP contribution in [0.1, 0.15) is 37.0 Å². The summed E-state index contributed by atoms with van der Waals surface area (Å²) in [5, 5.41) is 2.83. The van der Waals surface area contributed by atoms with Gasteiger partial charge in [-0.05, 0) is 50.8 Å². The van der Waals surface area contributed by atoms with Gasteiger partial charge in [0.1, 0.15) is 12.6 Å². The van der Waals surface area contributed by atoms with E-state index in [1.807, 2.05) is 63.2 Å². The molecule has 0 saturated heterocycles. The third kappa shape index (κ3) is 7.60. The van der Waals surface area contributed by atoms with Crippen molar-refractivity contribution in [3.63, 3.8) is 0 Å². The topological polar surface area (TPSA) is 86.8 Å². The van der Waals surface area contributed by atoms with Crippen LogP contribution in [0.15, 0.2) is 48.5 Å². The molecule has 0 aliphatic heterocycles. The Morgan fingerprint density at radius 1 is 1.06 bits per heavy atom. The van der Waals surface area contributed by atoms with Gasteiger partial charge in [0, 0.05) is 13.1 Å². The highest BCUT2D eigenvalue weighted by molar-refractivity contribution is 7.92. The Balaban J connectivity index is 2.32. The lowest BCUT2D eigenvalue weighted by molar-refractivity contribution is -0.138. The lowest BCUT2D eigenvalue weighted by Crippen LogP contribution is -2.52. The van der Waals surface area contributed by atoms with Crippen LogP contribution in [0.25, 0.3) is 0 Å². The van der Waals surface area contributed by atoms with E-state index >= 15 is 0 Å². The van der Waals surface area contributed by atoms with Crippen molar-refractivity contribution in [1.29, 1.82) is 0 Å². The van der Waals surface area contributed by atoms with Crippen LogP contribution in [0.4, 0.5) is 5.69 Å². The van der Waals surface area contributed by atoms with Crippen LogP contribution in [-0.4, -0.2) is 57.1 Å². The number of carbonyl (C=O) groups is 2. The van der Waals surface area contributed by atoms with Crippen LogP contribution in [0.2, 0.25) is 0 Å². The summed E-state index contributed by atoms with van der Waals surface area (Å²) in [7, 11) is -3.72. The van der Waals surface area contributed by atoms with Crippen LogP contribution < -0.4 is 9.62 Å². The maximum atomic E-state index is 13.4. The summed E-state index contributed by atoms with van der Waals surface area (Å²) in [5.74, 6) is -0.675. The molecule has 1 atom stereocenters. The first kappa shape index (κ1) is 26.4. The van der Waals surface area contributed by atoms with Crippen LogP contribution in [0.5, 0.6) is 0 Å². The number of anilines is 1. The standard InChI is InChI=1S/C25H35N3O4S/c1-6-15-26-25(30)21(4)27(16-14-22-10-8-7-9-11-22)24(29)18-28(33(5,31)32)23-13-12-19(2)17-20(23)3/h7-13,17,21H,6,14-16,18H2,1-5H3,(H,26,30)/t21-/m1/s1. The SMILES string of the molecule is CCCNC(=O)[C@@H](C)N(CCc1ccccc1)C(=O)CN(c1ccc(C)cc1C)S(C)(=O)=O. The molecule has 1 N–H and O–H groups in total. The van der Waals surface area contributed by atoms with Gasteiger partial charge in [-0.3, -0.25) is 13.9 Å². The van der Waals surface area contributed by atoms with E-state index in [0.717, 1.165) is 33.7 Å². The number of hydrogen-bond acceptors (Lipinski definition) is 4. The number of carbonyl (C=O) groups excluding carboxylic acids is 2. The zero-order valence-corrected chi connectivity index (χ0v) is 21.0. The third-order valence-corrected chi connectivity index (χ3v) is 6.63. The number of rotatable bonds is 11. The third-order valence-electron chi connectivity index (χ3n) is 5.50. The van der Waals surface area contributed by atoms with E-state index in [1.54, 1.807) is 13.0 Å². The minimum atomic E-state index is -3.72. The van der Waals surface area contributed by atoms with Gasteiger partial charge in [0.05, 0.1) is 11.9 Å². The average molecular weight is 474 g/mol. The fraction of sp³-hybridized carbons (Fsp3) is 0.440. The van der Waals surface area contributed by atoms with Crippen molar-refractivity contribution in [2.24, 2.45) is 0 Å². The van der Waals surface area contributed by atoms with E-state index in [4.69, 9.17) is 0 Å². The number of amides is 2. The van der Waals surface area contributed by atoms with E-state index < -0.39 is 22.0 Å². The fourth-order valence-corrected chi connectivity index (χ4v) is 4.55. The molecule has 2 aromatic rings. The summed E-state index contributed by atoms with van der Waals surface area (Å²) < 4.78 is 26.4. The molecule has 2 rings (SSSR count). The fourth-order valence-electron chi connectivity index (χ4n) is 3.65. The van der Waals surface area contributed by atoms with Crippen molar-refractivity contribution in [1.82, 2.24) is 10.2 Å². The van der Waals surface area contributed by atoms with Crippen LogP contribution in [0.3, 0.4) is 0 Å². The number of benzene rings is 2. The van der Waals surface area contributed by atoms with E-state index in [1.165, 1.54) is 4.90 Å². The predicted octanol–water partition coefficient (Wildman–Crippen LogP) is 3.06. The summed E-state index contributed by atoms with van der Waals surface area (Å²) in [6.45, 7) is 7.82. The van der Waals surface area contributed by atoms with Crippen molar-refractivity contribution in [2.45, 2.75) is 46.6 Å². The second kappa shape index (κ2) is 11.8. The van der Waals surface area contributed by atoms with Crippen molar-refractivity contribution >= 4 is 27.5 Å². The van der Waals surface area contributed by atoms with E-state index in [0.29, 0.717) is 25.2 Å². The molecule has 0 bridgehead atoms. The first-order valence-corrected chi connectivity index (χ1v) is 13.1. The van der Waals surface area contributed by atoms with Crippen molar-refractivity contribution < 1.29 is 18.0 Å². The monoisotopic (exact) mass is 473 g/mol. The molecule has 0 saturated carbocycles. The molecule has 180 valence electrons. The van der Waals surface area contributed by atoms with Gasteiger partial charge in [0.25, 0.3) is 0 Å². The van der Waals surface area contributed by atoms with Crippen molar-refractivity contribution in [2.75, 3.05) is 30.2 Å². The van der Waals surface area contributed by atoms with Crippen LogP contribution in [-0.2, 0) is 26.0 Å². The molecule has 0 aromatic heterocycles. The number of nitrogens with zero attached hydrogens (tertiary/aromatic N) is 2. The van der Waals surface area contributed by atoms with Gasteiger partial charge in [0.15, 0.2) is 0 Å². The maximum absolute atomic E-state index is 13.4. The normalized spacial score (nSPS) is 12.2. The summed E-state index contributed by atoms with van der Waals surface area (Å²) in [4.78, 5) is 27.6. The Hall–Kier alpha value is -2.87. The molecule has 2 aromatic carbocycles. The Labute approximate surface area is 197 Å². The lowest BCUT2D eigenvalue weighted by Gasteiger charge is -2.32. The molecule has 0 fully saturated rings.